The zero-order valence-corrected chi connectivity index (χ0v) is 12.0. The van der Waals surface area contributed by atoms with Crippen LogP contribution in [0.1, 0.15) is 23.3 Å². The van der Waals surface area contributed by atoms with Crippen LogP contribution in [0, 0.1) is 0 Å². The first-order valence-electron chi connectivity index (χ1n) is 5.78. The Morgan fingerprint density at radius 3 is 3.00 bits per heavy atom. The van der Waals surface area contributed by atoms with Gasteiger partial charge < -0.3 is 10.0 Å². The number of aromatic nitrogens is 1. The lowest BCUT2D eigenvalue weighted by molar-refractivity contribution is 0.0687. The van der Waals surface area contributed by atoms with Crippen molar-refractivity contribution in [3.8, 4) is 0 Å². The Labute approximate surface area is 115 Å². The molecule has 19 heavy (non-hydrogen) atoms. The predicted molar refractivity (Wildman–Crippen MR) is 69.9 cm³/mol. The zero-order valence-electron chi connectivity index (χ0n) is 10.4. The minimum Gasteiger partial charge on any atom is -0.476 e. The first kappa shape index (κ1) is 14.4. The number of thiazole rings is 1. The van der Waals surface area contributed by atoms with E-state index in [-0.39, 0.29) is 16.8 Å². The fraction of sp³-hybridized carbons (Fsp3) is 0.600. The molecule has 1 saturated heterocycles. The minimum atomic E-state index is -3.80. The number of carboxylic acid groups (broad SMARTS) is 1. The lowest BCUT2D eigenvalue weighted by Gasteiger charge is -2.19. The van der Waals surface area contributed by atoms with Crippen molar-refractivity contribution in [1.82, 2.24) is 14.6 Å². The first-order chi connectivity index (χ1) is 8.92. The van der Waals surface area contributed by atoms with E-state index in [1.807, 2.05) is 7.05 Å². The summed E-state index contributed by atoms with van der Waals surface area (Å²) in [7, 11) is -1.86. The molecule has 2 N–H and O–H groups in total. The highest BCUT2D eigenvalue weighted by molar-refractivity contribution is 7.91. The number of likely N-dealkylation sites (tertiary alicyclic amines) is 1. The average molecular weight is 305 g/mol. The standard InChI is InChI=1S/C10H15N3O4S2/c1-13-4-2-3-7(13)5-12-19(16,17)10-8(9(14)15)11-6-18-10/h6-7,12H,2-5H2,1H3,(H,14,15). The molecule has 9 heteroatoms. The molecule has 106 valence electrons. The molecule has 1 fully saturated rings. The number of hydrogen-bond donors (Lipinski definition) is 2. The van der Waals surface area contributed by atoms with Gasteiger partial charge >= 0.3 is 5.97 Å². The summed E-state index contributed by atoms with van der Waals surface area (Å²) in [6.45, 7) is 1.24. The maximum Gasteiger partial charge on any atom is 0.356 e. The summed E-state index contributed by atoms with van der Waals surface area (Å²) in [5.74, 6) is -1.33. The third-order valence-electron chi connectivity index (χ3n) is 3.16. The average Bonchev–Trinajstić information content (AvgIpc) is 2.95. The van der Waals surface area contributed by atoms with E-state index in [9.17, 15) is 13.2 Å². The zero-order chi connectivity index (χ0) is 14.0. The van der Waals surface area contributed by atoms with Crippen molar-refractivity contribution in [2.45, 2.75) is 23.1 Å². The number of nitrogens with zero attached hydrogens (tertiary/aromatic N) is 2. The Morgan fingerprint density at radius 2 is 2.42 bits per heavy atom. The van der Waals surface area contributed by atoms with Crippen molar-refractivity contribution >= 4 is 27.3 Å². The molecule has 1 unspecified atom stereocenters. The van der Waals surface area contributed by atoms with E-state index >= 15 is 0 Å². The van der Waals surface area contributed by atoms with Crippen LogP contribution < -0.4 is 4.72 Å². The van der Waals surface area contributed by atoms with Crippen LogP contribution in [0.4, 0.5) is 0 Å². The second-order valence-corrected chi connectivity index (χ2v) is 7.24. The van der Waals surface area contributed by atoms with Crippen LogP contribution in [0.2, 0.25) is 0 Å². The lowest BCUT2D eigenvalue weighted by atomic mass is 10.2. The van der Waals surface area contributed by atoms with Crippen molar-refractivity contribution in [1.29, 1.82) is 0 Å². The monoisotopic (exact) mass is 305 g/mol. The number of aromatic carboxylic acids is 1. The van der Waals surface area contributed by atoms with Gasteiger partial charge in [0, 0.05) is 12.6 Å². The highest BCUT2D eigenvalue weighted by Crippen LogP contribution is 2.20. The summed E-state index contributed by atoms with van der Waals surface area (Å²) in [5, 5.41) is 8.88. The van der Waals surface area contributed by atoms with Crippen LogP contribution in [-0.4, -0.2) is 55.6 Å². The molecule has 0 amide bonds. The SMILES string of the molecule is CN1CCCC1CNS(=O)(=O)c1scnc1C(=O)O. The summed E-state index contributed by atoms with van der Waals surface area (Å²) in [5.41, 5.74) is 0.803. The molecule has 1 aromatic heterocycles. The van der Waals surface area contributed by atoms with Gasteiger partial charge in [-0.05, 0) is 26.4 Å². The van der Waals surface area contributed by atoms with E-state index in [0.29, 0.717) is 0 Å². The Morgan fingerprint density at radius 1 is 1.68 bits per heavy atom. The third-order valence-corrected chi connectivity index (χ3v) is 5.96. The number of rotatable bonds is 5. The molecule has 0 spiro atoms. The summed E-state index contributed by atoms with van der Waals surface area (Å²) < 4.78 is 26.3. The number of carbonyl (C=O) groups is 1. The van der Waals surface area contributed by atoms with E-state index in [1.165, 1.54) is 5.51 Å². The molecule has 0 bridgehead atoms. The molecule has 0 aliphatic carbocycles. The number of nitrogens with one attached hydrogen (secondary N) is 1. The molecule has 0 aromatic carbocycles. The van der Waals surface area contributed by atoms with Crippen LogP contribution in [-0.2, 0) is 10.0 Å². The second-order valence-electron chi connectivity index (χ2n) is 4.42. The third kappa shape index (κ3) is 3.11. The molecule has 7 nitrogen and oxygen atoms in total. The molecular formula is C10H15N3O4S2. The first-order valence-corrected chi connectivity index (χ1v) is 8.15. The van der Waals surface area contributed by atoms with Crippen molar-refractivity contribution in [3.63, 3.8) is 0 Å². The smallest absolute Gasteiger partial charge is 0.356 e. The van der Waals surface area contributed by atoms with E-state index < -0.39 is 21.7 Å². The molecule has 2 heterocycles. The molecule has 1 aliphatic rings. The minimum absolute atomic E-state index is 0.163. The molecule has 0 saturated carbocycles. The van der Waals surface area contributed by atoms with Gasteiger partial charge in [-0.25, -0.2) is 22.9 Å². The number of sulfonamides is 1. The summed E-state index contributed by atoms with van der Waals surface area (Å²) in [4.78, 5) is 16.5. The molecule has 1 atom stereocenters. The predicted octanol–water partition coefficient (Wildman–Crippen LogP) is 0.214. The van der Waals surface area contributed by atoms with Crippen LogP contribution in [0.25, 0.3) is 0 Å². The van der Waals surface area contributed by atoms with E-state index in [4.69, 9.17) is 5.11 Å². The number of likely N-dealkylation sites (N-methyl/N-ethyl adjacent to an activating group) is 1. The molecule has 0 radical (unpaired) electrons. The van der Waals surface area contributed by atoms with Crippen LogP contribution >= 0.6 is 11.3 Å². The summed E-state index contributed by atoms with van der Waals surface area (Å²) in [6, 6.07) is 0.163. The fourth-order valence-electron chi connectivity index (χ4n) is 2.08. The largest absolute Gasteiger partial charge is 0.476 e. The Balaban J connectivity index is 2.10. The van der Waals surface area contributed by atoms with Gasteiger partial charge in [0.1, 0.15) is 0 Å². The highest BCUT2D eigenvalue weighted by Gasteiger charge is 2.28. The van der Waals surface area contributed by atoms with E-state index in [0.717, 1.165) is 30.7 Å². The quantitative estimate of drug-likeness (QED) is 0.807. The second kappa shape index (κ2) is 5.53. The van der Waals surface area contributed by atoms with Gasteiger partial charge in [0.05, 0.1) is 5.51 Å². The fourth-order valence-corrected chi connectivity index (χ4v) is 4.33. The van der Waals surface area contributed by atoms with Gasteiger partial charge in [0.2, 0.25) is 0 Å². The van der Waals surface area contributed by atoms with Gasteiger partial charge in [-0.15, -0.1) is 11.3 Å². The van der Waals surface area contributed by atoms with Crippen molar-refractivity contribution in [2.24, 2.45) is 0 Å². The van der Waals surface area contributed by atoms with Gasteiger partial charge in [0.25, 0.3) is 10.0 Å². The van der Waals surface area contributed by atoms with E-state index in [2.05, 4.69) is 14.6 Å². The van der Waals surface area contributed by atoms with E-state index in [1.54, 1.807) is 0 Å². The maximum absolute atomic E-state index is 12.1. The van der Waals surface area contributed by atoms with Crippen molar-refractivity contribution < 1.29 is 18.3 Å². The highest BCUT2D eigenvalue weighted by atomic mass is 32.2. The number of carboxylic acids is 1. The summed E-state index contributed by atoms with van der Waals surface area (Å²) in [6.07, 6.45) is 1.98. The lowest BCUT2D eigenvalue weighted by Crippen LogP contribution is -2.38. The Kier molecular flexibility index (Phi) is 4.19. The molecular weight excluding hydrogens is 290 g/mol. The van der Waals surface area contributed by atoms with Crippen LogP contribution in [0.3, 0.4) is 0 Å². The normalized spacial score (nSPS) is 20.8. The van der Waals surface area contributed by atoms with Crippen molar-refractivity contribution in [3.05, 3.63) is 11.2 Å². The Hall–Kier alpha value is -1.03. The van der Waals surface area contributed by atoms with Gasteiger partial charge in [-0.3, -0.25) is 0 Å². The molecule has 1 aromatic rings. The topological polar surface area (TPSA) is 99.6 Å². The van der Waals surface area contributed by atoms with Crippen LogP contribution in [0.15, 0.2) is 9.72 Å². The summed E-state index contributed by atoms with van der Waals surface area (Å²) >= 11 is 0.812. The van der Waals surface area contributed by atoms with Gasteiger partial charge in [0.15, 0.2) is 9.90 Å². The number of hydrogen-bond acceptors (Lipinski definition) is 6. The van der Waals surface area contributed by atoms with Crippen molar-refractivity contribution in [2.75, 3.05) is 20.1 Å². The maximum atomic E-state index is 12.1. The molecule has 2 rings (SSSR count). The Bertz CT molecular complexity index is 569. The molecule has 1 aliphatic heterocycles. The van der Waals surface area contributed by atoms with Gasteiger partial charge in [-0.2, -0.15) is 0 Å². The van der Waals surface area contributed by atoms with Gasteiger partial charge in [-0.1, -0.05) is 0 Å². The van der Waals surface area contributed by atoms with Crippen LogP contribution in [0.5, 0.6) is 0 Å².